The predicted octanol–water partition coefficient (Wildman–Crippen LogP) is 1.82. The van der Waals surface area contributed by atoms with Crippen molar-refractivity contribution < 1.29 is 4.79 Å². The lowest BCUT2D eigenvalue weighted by Gasteiger charge is -2.38. The summed E-state index contributed by atoms with van der Waals surface area (Å²) in [5, 5.41) is 0. The monoisotopic (exact) mass is 301 g/mol. The zero-order chi connectivity index (χ0) is 15.4. The van der Waals surface area contributed by atoms with Crippen molar-refractivity contribution in [1.82, 2.24) is 14.7 Å². The standard InChI is InChI=1S/C18H27N3O/c1-2-18(22)21-12-10-20(11-13-21)17-8-9-19(15-17)14-16-6-4-3-5-7-16/h3-7,17H,2,8-15H2,1H3/t17-/m0/s1. The van der Waals surface area contributed by atoms with Crippen LogP contribution in [-0.4, -0.2) is 65.9 Å². The van der Waals surface area contributed by atoms with E-state index < -0.39 is 0 Å². The number of amides is 1. The van der Waals surface area contributed by atoms with Gasteiger partial charge in [-0.15, -0.1) is 0 Å². The Morgan fingerprint density at radius 2 is 1.82 bits per heavy atom. The van der Waals surface area contributed by atoms with Gasteiger partial charge in [-0.05, 0) is 12.0 Å². The number of carbonyl (C=O) groups excluding carboxylic acids is 1. The molecule has 2 aliphatic heterocycles. The Kier molecular flexibility index (Phi) is 5.11. The molecule has 120 valence electrons. The summed E-state index contributed by atoms with van der Waals surface area (Å²) in [6.07, 6.45) is 1.89. The molecule has 1 atom stereocenters. The summed E-state index contributed by atoms with van der Waals surface area (Å²) in [5.74, 6) is 0.303. The second-order valence-corrected chi connectivity index (χ2v) is 6.43. The van der Waals surface area contributed by atoms with Gasteiger partial charge < -0.3 is 4.90 Å². The summed E-state index contributed by atoms with van der Waals surface area (Å²) in [5.41, 5.74) is 1.40. The molecule has 2 saturated heterocycles. The minimum Gasteiger partial charge on any atom is -0.340 e. The van der Waals surface area contributed by atoms with E-state index in [0.717, 1.165) is 39.3 Å². The van der Waals surface area contributed by atoms with Crippen molar-refractivity contribution in [2.75, 3.05) is 39.3 Å². The fourth-order valence-corrected chi connectivity index (χ4v) is 3.66. The van der Waals surface area contributed by atoms with Crippen molar-refractivity contribution in [3.8, 4) is 0 Å². The zero-order valence-electron chi connectivity index (χ0n) is 13.6. The number of hydrogen-bond acceptors (Lipinski definition) is 3. The van der Waals surface area contributed by atoms with Gasteiger partial charge >= 0.3 is 0 Å². The lowest BCUT2D eigenvalue weighted by atomic mass is 10.2. The maximum atomic E-state index is 11.7. The largest absolute Gasteiger partial charge is 0.340 e. The second kappa shape index (κ2) is 7.25. The highest BCUT2D eigenvalue weighted by Crippen LogP contribution is 2.19. The molecule has 4 heteroatoms. The summed E-state index contributed by atoms with van der Waals surface area (Å²) in [7, 11) is 0. The van der Waals surface area contributed by atoms with Crippen LogP contribution in [0.1, 0.15) is 25.3 Å². The summed E-state index contributed by atoms with van der Waals surface area (Å²) in [4.78, 5) is 18.9. The number of hydrogen-bond donors (Lipinski definition) is 0. The number of carbonyl (C=O) groups is 1. The highest BCUT2D eigenvalue weighted by molar-refractivity contribution is 5.75. The molecule has 2 fully saturated rings. The molecule has 0 N–H and O–H groups in total. The summed E-state index contributed by atoms with van der Waals surface area (Å²) in [6, 6.07) is 11.4. The second-order valence-electron chi connectivity index (χ2n) is 6.43. The van der Waals surface area contributed by atoms with Crippen molar-refractivity contribution in [3.05, 3.63) is 35.9 Å². The number of likely N-dealkylation sites (tertiary alicyclic amines) is 1. The molecule has 22 heavy (non-hydrogen) atoms. The minimum absolute atomic E-state index is 0.303. The minimum atomic E-state index is 0.303. The maximum absolute atomic E-state index is 11.7. The van der Waals surface area contributed by atoms with E-state index in [1.54, 1.807) is 0 Å². The first-order chi connectivity index (χ1) is 10.8. The average Bonchev–Trinajstić information content (AvgIpc) is 3.04. The molecule has 1 aromatic rings. The van der Waals surface area contributed by atoms with Crippen molar-refractivity contribution in [1.29, 1.82) is 0 Å². The van der Waals surface area contributed by atoms with Crippen molar-refractivity contribution in [3.63, 3.8) is 0 Å². The van der Waals surface area contributed by atoms with Crippen LogP contribution in [0.3, 0.4) is 0 Å². The van der Waals surface area contributed by atoms with E-state index in [9.17, 15) is 4.79 Å². The Hall–Kier alpha value is -1.39. The number of nitrogens with zero attached hydrogens (tertiary/aromatic N) is 3. The summed E-state index contributed by atoms with van der Waals surface area (Å²) >= 11 is 0. The molecule has 0 saturated carbocycles. The molecule has 2 aliphatic rings. The van der Waals surface area contributed by atoms with Crippen LogP contribution in [0.25, 0.3) is 0 Å². The van der Waals surface area contributed by atoms with Crippen LogP contribution in [0, 0.1) is 0 Å². The molecule has 0 unspecified atom stereocenters. The molecular formula is C18H27N3O. The van der Waals surface area contributed by atoms with E-state index in [1.165, 1.54) is 18.5 Å². The van der Waals surface area contributed by atoms with Crippen LogP contribution >= 0.6 is 0 Å². The van der Waals surface area contributed by atoms with Crippen LogP contribution in [0.4, 0.5) is 0 Å². The average molecular weight is 301 g/mol. The predicted molar refractivity (Wildman–Crippen MR) is 88.6 cm³/mol. The van der Waals surface area contributed by atoms with Crippen LogP contribution in [0.5, 0.6) is 0 Å². The number of benzene rings is 1. The van der Waals surface area contributed by atoms with Gasteiger partial charge in [0.05, 0.1) is 0 Å². The number of rotatable bonds is 4. The molecule has 0 bridgehead atoms. The Morgan fingerprint density at radius 3 is 2.50 bits per heavy atom. The van der Waals surface area contributed by atoms with E-state index in [0.29, 0.717) is 18.4 Å². The fraction of sp³-hybridized carbons (Fsp3) is 0.611. The maximum Gasteiger partial charge on any atom is 0.222 e. The van der Waals surface area contributed by atoms with Gasteiger partial charge in [0.15, 0.2) is 0 Å². The van der Waals surface area contributed by atoms with Gasteiger partial charge in [-0.3, -0.25) is 14.6 Å². The Balaban J connectivity index is 1.46. The first kappa shape index (κ1) is 15.5. The van der Waals surface area contributed by atoms with Crippen LogP contribution in [0.2, 0.25) is 0 Å². The third-order valence-corrected chi connectivity index (χ3v) is 4.98. The van der Waals surface area contributed by atoms with Gasteiger partial charge in [-0.2, -0.15) is 0 Å². The highest BCUT2D eigenvalue weighted by atomic mass is 16.2. The molecule has 1 aromatic carbocycles. The van der Waals surface area contributed by atoms with E-state index in [1.807, 2.05) is 11.8 Å². The lowest BCUT2D eigenvalue weighted by molar-refractivity contribution is -0.132. The Bertz CT molecular complexity index is 482. The van der Waals surface area contributed by atoms with E-state index in [-0.39, 0.29) is 0 Å². The van der Waals surface area contributed by atoms with Crippen LogP contribution in [0.15, 0.2) is 30.3 Å². The van der Waals surface area contributed by atoms with Gasteiger partial charge in [0, 0.05) is 58.3 Å². The van der Waals surface area contributed by atoms with E-state index in [2.05, 4.69) is 40.1 Å². The van der Waals surface area contributed by atoms with Crippen LogP contribution in [-0.2, 0) is 11.3 Å². The first-order valence-electron chi connectivity index (χ1n) is 8.54. The van der Waals surface area contributed by atoms with Crippen molar-refractivity contribution >= 4 is 5.91 Å². The normalized spacial score (nSPS) is 23.9. The van der Waals surface area contributed by atoms with Crippen LogP contribution < -0.4 is 0 Å². The fourth-order valence-electron chi connectivity index (χ4n) is 3.66. The quantitative estimate of drug-likeness (QED) is 0.849. The summed E-state index contributed by atoms with van der Waals surface area (Å²) in [6.45, 7) is 9.25. The Labute approximate surface area is 133 Å². The van der Waals surface area contributed by atoms with Gasteiger partial charge in [0.2, 0.25) is 5.91 Å². The van der Waals surface area contributed by atoms with Crippen molar-refractivity contribution in [2.24, 2.45) is 0 Å². The van der Waals surface area contributed by atoms with Crippen molar-refractivity contribution in [2.45, 2.75) is 32.4 Å². The molecular weight excluding hydrogens is 274 g/mol. The molecule has 0 radical (unpaired) electrons. The molecule has 3 rings (SSSR count). The van der Waals surface area contributed by atoms with Gasteiger partial charge in [-0.25, -0.2) is 0 Å². The topological polar surface area (TPSA) is 26.8 Å². The highest BCUT2D eigenvalue weighted by Gasteiger charge is 2.30. The zero-order valence-corrected chi connectivity index (χ0v) is 13.6. The lowest BCUT2D eigenvalue weighted by Crippen LogP contribution is -2.52. The summed E-state index contributed by atoms with van der Waals surface area (Å²) < 4.78 is 0. The van der Waals surface area contributed by atoms with Gasteiger partial charge in [-0.1, -0.05) is 37.3 Å². The molecule has 1 amide bonds. The number of piperazine rings is 1. The first-order valence-corrected chi connectivity index (χ1v) is 8.54. The van der Waals surface area contributed by atoms with E-state index in [4.69, 9.17) is 0 Å². The molecule has 0 aromatic heterocycles. The van der Waals surface area contributed by atoms with E-state index >= 15 is 0 Å². The van der Waals surface area contributed by atoms with Gasteiger partial charge in [0.25, 0.3) is 0 Å². The molecule has 0 spiro atoms. The SMILES string of the molecule is CCC(=O)N1CCN([C@H]2CCN(Cc3ccccc3)C2)CC1. The smallest absolute Gasteiger partial charge is 0.222 e. The third kappa shape index (κ3) is 3.68. The molecule has 0 aliphatic carbocycles. The molecule has 2 heterocycles. The molecule has 4 nitrogen and oxygen atoms in total. The third-order valence-electron chi connectivity index (χ3n) is 4.98. The Morgan fingerprint density at radius 1 is 1.09 bits per heavy atom. The van der Waals surface area contributed by atoms with Gasteiger partial charge in [0.1, 0.15) is 0 Å².